The van der Waals surface area contributed by atoms with Crippen molar-refractivity contribution < 1.29 is 17.6 Å². The van der Waals surface area contributed by atoms with Crippen LogP contribution in [0.2, 0.25) is 5.02 Å². The van der Waals surface area contributed by atoms with Gasteiger partial charge in [-0.1, -0.05) is 29.8 Å². The summed E-state index contributed by atoms with van der Waals surface area (Å²) in [5, 5.41) is 0.254. The lowest BCUT2D eigenvalue weighted by atomic mass is 10.1. The zero-order chi connectivity index (χ0) is 14.8. The summed E-state index contributed by atoms with van der Waals surface area (Å²) in [7, 11) is -3.85. The van der Waals surface area contributed by atoms with Crippen molar-refractivity contribution in [3.05, 3.63) is 64.9 Å². The molecule has 0 saturated heterocycles. The van der Waals surface area contributed by atoms with E-state index in [2.05, 4.69) is 0 Å². The molecule has 0 aliphatic heterocycles. The van der Waals surface area contributed by atoms with E-state index in [1.54, 1.807) is 0 Å². The molecule has 0 aliphatic carbocycles. The van der Waals surface area contributed by atoms with E-state index in [1.807, 2.05) is 0 Å². The van der Waals surface area contributed by atoms with Gasteiger partial charge in [0.25, 0.3) is 0 Å². The standard InChI is InChI=1S/C14H10ClFO3S/c15-10-4-3-5-11(8-10)20(18,19)9-14(17)12-6-1-2-7-13(12)16/h1-8H,9H2. The van der Waals surface area contributed by atoms with Gasteiger partial charge in [0.1, 0.15) is 11.6 Å². The molecule has 0 N–H and O–H groups in total. The van der Waals surface area contributed by atoms with Gasteiger partial charge < -0.3 is 0 Å². The minimum Gasteiger partial charge on any atom is -0.293 e. The SMILES string of the molecule is O=C(CS(=O)(=O)c1cccc(Cl)c1)c1ccccc1F. The topological polar surface area (TPSA) is 51.2 Å². The van der Waals surface area contributed by atoms with Gasteiger partial charge in [-0.05, 0) is 30.3 Å². The van der Waals surface area contributed by atoms with Gasteiger partial charge in [0.15, 0.2) is 15.6 Å². The Labute approximate surface area is 120 Å². The van der Waals surface area contributed by atoms with Gasteiger partial charge in [0.05, 0.1) is 10.5 Å². The Hall–Kier alpha value is -1.72. The normalized spacial score (nSPS) is 11.3. The Bertz CT molecular complexity index is 757. The molecule has 0 saturated carbocycles. The van der Waals surface area contributed by atoms with Crippen LogP contribution in [-0.4, -0.2) is 20.0 Å². The van der Waals surface area contributed by atoms with Crippen molar-refractivity contribution in [2.24, 2.45) is 0 Å². The number of rotatable bonds is 4. The van der Waals surface area contributed by atoms with Crippen molar-refractivity contribution in [1.29, 1.82) is 0 Å². The van der Waals surface area contributed by atoms with Crippen molar-refractivity contribution in [3.8, 4) is 0 Å². The van der Waals surface area contributed by atoms with E-state index in [-0.39, 0.29) is 15.5 Å². The highest BCUT2D eigenvalue weighted by atomic mass is 35.5. The van der Waals surface area contributed by atoms with Crippen LogP contribution in [0.5, 0.6) is 0 Å². The van der Waals surface area contributed by atoms with Crippen LogP contribution in [-0.2, 0) is 9.84 Å². The molecular formula is C14H10ClFO3S. The first-order chi connectivity index (χ1) is 9.40. The molecule has 0 heterocycles. The summed E-state index contributed by atoms with van der Waals surface area (Å²) in [6.45, 7) is 0. The monoisotopic (exact) mass is 312 g/mol. The smallest absolute Gasteiger partial charge is 0.185 e. The van der Waals surface area contributed by atoms with E-state index in [0.29, 0.717) is 0 Å². The molecule has 0 spiro atoms. The summed E-state index contributed by atoms with van der Waals surface area (Å²) >= 11 is 5.72. The molecule has 3 nitrogen and oxygen atoms in total. The maximum absolute atomic E-state index is 13.4. The summed E-state index contributed by atoms with van der Waals surface area (Å²) in [4.78, 5) is 11.8. The average molecular weight is 313 g/mol. The lowest BCUT2D eigenvalue weighted by Gasteiger charge is -2.05. The van der Waals surface area contributed by atoms with Crippen LogP contribution < -0.4 is 0 Å². The van der Waals surface area contributed by atoms with Crippen molar-refractivity contribution in [2.45, 2.75) is 4.90 Å². The Morgan fingerprint density at radius 3 is 2.45 bits per heavy atom. The van der Waals surface area contributed by atoms with E-state index >= 15 is 0 Å². The van der Waals surface area contributed by atoms with Crippen LogP contribution >= 0.6 is 11.6 Å². The highest BCUT2D eigenvalue weighted by Crippen LogP contribution is 2.18. The van der Waals surface area contributed by atoms with Crippen molar-refractivity contribution in [1.82, 2.24) is 0 Å². The van der Waals surface area contributed by atoms with Crippen LogP contribution in [0.25, 0.3) is 0 Å². The van der Waals surface area contributed by atoms with Crippen molar-refractivity contribution >= 4 is 27.2 Å². The molecular weight excluding hydrogens is 303 g/mol. The molecule has 0 aromatic heterocycles. The summed E-state index contributed by atoms with van der Waals surface area (Å²) in [6.07, 6.45) is 0. The van der Waals surface area contributed by atoms with E-state index in [4.69, 9.17) is 11.6 Å². The highest BCUT2D eigenvalue weighted by molar-refractivity contribution is 7.92. The van der Waals surface area contributed by atoms with Gasteiger partial charge in [0.2, 0.25) is 0 Å². The Morgan fingerprint density at radius 1 is 1.10 bits per heavy atom. The lowest BCUT2D eigenvalue weighted by molar-refractivity contribution is 0.101. The molecule has 0 atom stereocenters. The number of carbonyl (C=O) groups is 1. The summed E-state index contributed by atoms with van der Waals surface area (Å²) in [6, 6.07) is 10.9. The predicted molar refractivity (Wildman–Crippen MR) is 74.2 cm³/mol. The molecule has 104 valence electrons. The van der Waals surface area contributed by atoms with Gasteiger partial charge in [-0.15, -0.1) is 0 Å². The first-order valence-electron chi connectivity index (χ1n) is 5.66. The number of hydrogen-bond donors (Lipinski definition) is 0. The zero-order valence-electron chi connectivity index (χ0n) is 10.2. The van der Waals surface area contributed by atoms with E-state index < -0.39 is 27.2 Å². The quantitative estimate of drug-likeness (QED) is 0.815. The molecule has 0 amide bonds. The number of benzene rings is 2. The molecule has 0 radical (unpaired) electrons. The largest absolute Gasteiger partial charge is 0.293 e. The van der Waals surface area contributed by atoms with E-state index in [0.717, 1.165) is 6.07 Å². The maximum atomic E-state index is 13.4. The minimum absolute atomic E-state index is 0.0605. The van der Waals surface area contributed by atoms with E-state index in [9.17, 15) is 17.6 Å². The Kier molecular flexibility index (Phi) is 4.20. The van der Waals surface area contributed by atoms with E-state index in [1.165, 1.54) is 42.5 Å². The van der Waals surface area contributed by atoms with Crippen LogP contribution in [0.3, 0.4) is 0 Å². The fourth-order valence-corrected chi connectivity index (χ4v) is 3.20. The van der Waals surface area contributed by atoms with Gasteiger partial charge >= 0.3 is 0 Å². The van der Waals surface area contributed by atoms with Crippen LogP contribution in [0, 0.1) is 5.82 Å². The second-order valence-corrected chi connectivity index (χ2v) is 6.55. The fourth-order valence-electron chi connectivity index (χ4n) is 1.68. The molecule has 20 heavy (non-hydrogen) atoms. The number of sulfone groups is 1. The summed E-state index contributed by atoms with van der Waals surface area (Å²) in [5.41, 5.74) is -0.238. The Balaban J connectivity index is 2.30. The zero-order valence-corrected chi connectivity index (χ0v) is 11.8. The van der Waals surface area contributed by atoms with Crippen LogP contribution in [0.15, 0.2) is 53.4 Å². The average Bonchev–Trinajstić information content (AvgIpc) is 2.38. The number of hydrogen-bond acceptors (Lipinski definition) is 3. The fraction of sp³-hybridized carbons (Fsp3) is 0.0714. The van der Waals surface area contributed by atoms with Crippen LogP contribution in [0.1, 0.15) is 10.4 Å². The second-order valence-electron chi connectivity index (χ2n) is 4.12. The third-order valence-electron chi connectivity index (χ3n) is 2.65. The van der Waals surface area contributed by atoms with Gasteiger partial charge in [0, 0.05) is 5.02 Å². The second kappa shape index (κ2) is 5.73. The first kappa shape index (κ1) is 14.7. The number of Topliss-reactive ketones (excluding diaryl/α,β-unsaturated/α-hetero) is 1. The number of halogens is 2. The van der Waals surface area contributed by atoms with Gasteiger partial charge in [-0.25, -0.2) is 12.8 Å². The molecule has 0 fully saturated rings. The summed E-state index contributed by atoms with van der Waals surface area (Å²) in [5.74, 6) is -2.32. The highest BCUT2D eigenvalue weighted by Gasteiger charge is 2.22. The van der Waals surface area contributed by atoms with Crippen molar-refractivity contribution in [2.75, 3.05) is 5.75 Å². The molecule has 0 unspecified atom stereocenters. The molecule has 0 bridgehead atoms. The predicted octanol–water partition coefficient (Wildman–Crippen LogP) is 3.14. The maximum Gasteiger partial charge on any atom is 0.185 e. The molecule has 0 aliphatic rings. The Morgan fingerprint density at radius 2 is 1.80 bits per heavy atom. The molecule has 2 rings (SSSR count). The van der Waals surface area contributed by atoms with Gasteiger partial charge in [-0.3, -0.25) is 4.79 Å². The van der Waals surface area contributed by atoms with Crippen LogP contribution in [0.4, 0.5) is 4.39 Å². The minimum atomic E-state index is -3.85. The summed E-state index contributed by atoms with van der Waals surface area (Å²) < 4.78 is 37.6. The first-order valence-corrected chi connectivity index (χ1v) is 7.69. The number of carbonyl (C=O) groups excluding carboxylic acids is 1. The van der Waals surface area contributed by atoms with Gasteiger partial charge in [-0.2, -0.15) is 0 Å². The molecule has 2 aromatic rings. The lowest BCUT2D eigenvalue weighted by Crippen LogP contribution is -2.17. The third kappa shape index (κ3) is 3.23. The third-order valence-corrected chi connectivity index (χ3v) is 4.50. The molecule has 6 heteroatoms. The molecule has 2 aromatic carbocycles. The van der Waals surface area contributed by atoms with Crippen molar-refractivity contribution in [3.63, 3.8) is 0 Å². The number of ketones is 1.